The number of benzene rings is 1. The molecule has 0 bridgehead atoms. The summed E-state index contributed by atoms with van der Waals surface area (Å²) in [6, 6.07) is 7.59. The molecule has 1 saturated heterocycles. The van der Waals surface area contributed by atoms with Crippen LogP contribution >= 0.6 is 11.8 Å². The highest BCUT2D eigenvalue weighted by Crippen LogP contribution is 2.21. The Morgan fingerprint density at radius 2 is 2.39 bits per heavy atom. The summed E-state index contributed by atoms with van der Waals surface area (Å²) in [7, 11) is 0. The normalized spacial score (nSPS) is 19.8. The number of carbonyl (C=O) groups excluding carboxylic acids is 1. The maximum atomic E-state index is 12.2. The number of nitrogens with two attached hydrogens (primary N) is 1. The number of hydrogen-bond acceptors (Lipinski definition) is 3. The third-order valence-electron chi connectivity index (χ3n) is 3.25. The van der Waals surface area contributed by atoms with Crippen LogP contribution in [0.2, 0.25) is 0 Å². The van der Waals surface area contributed by atoms with Gasteiger partial charge in [0.2, 0.25) is 5.91 Å². The largest absolute Gasteiger partial charge is 0.399 e. The lowest BCUT2D eigenvalue weighted by molar-refractivity contribution is -0.130. The molecule has 1 aliphatic rings. The van der Waals surface area contributed by atoms with Crippen molar-refractivity contribution < 1.29 is 4.79 Å². The molecule has 0 saturated carbocycles. The minimum Gasteiger partial charge on any atom is -0.399 e. The molecule has 1 amide bonds. The SMILES string of the molecule is CCC1CN(C(=O)Cc2cccc(N)c2)CCS1. The van der Waals surface area contributed by atoms with E-state index in [-0.39, 0.29) is 5.91 Å². The Morgan fingerprint density at radius 3 is 3.11 bits per heavy atom. The molecule has 1 aliphatic heterocycles. The number of thioether (sulfide) groups is 1. The molecule has 0 aromatic heterocycles. The van der Waals surface area contributed by atoms with Gasteiger partial charge in [-0.1, -0.05) is 19.1 Å². The van der Waals surface area contributed by atoms with E-state index in [1.54, 1.807) is 0 Å². The standard InChI is InChI=1S/C14H20N2OS/c1-2-13-10-16(6-7-18-13)14(17)9-11-4-3-5-12(15)8-11/h3-5,8,13H,2,6-7,9-10,15H2,1H3. The van der Waals surface area contributed by atoms with Crippen molar-refractivity contribution in [3.63, 3.8) is 0 Å². The fraction of sp³-hybridized carbons (Fsp3) is 0.500. The van der Waals surface area contributed by atoms with Gasteiger partial charge in [-0.05, 0) is 24.1 Å². The Morgan fingerprint density at radius 1 is 1.56 bits per heavy atom. The summed E-state index contributed by atoms with van der Waals surface area (Å²) in [6.45, 7) is 3.95. The molecule has 1 heterocycles. The molecule has 4 heteroatoms. The van der Waals surface area contributed by atoms with Crippen molar-refractivity contribution in [2.75, 3.05) is 24.6 Å². The van der Waals surface area contributed by atoms with Crippen molar-refractivity contribution in [3.8, 4) is 0 Å². The lowest BCUT2D eigenvalue weighted by Crippen LogP contribution is -2.42. The first-order valence-electron chi connectivity index (χ1n) is 6.43. The molecule has 2 N–H and O–H groups in total. The first kappa shape index (κ1) is 13.3. The van der Waals surface area contributed by atoms with E-state index >= 15 is 0 Å². The van der Waals surface area contributed by atoms with Crippen molar-refractivity contribution in [3.05, 3.63) is 29.8 Å². The average molecular weight is 264 g/mol. The first-order valence-corrected chi connectivity index (χ1v) is 7.47. The summed E-state index contributed by atoms with van der Waals surface area (Å²) in [5.74, 6) is 1.28. The van der Waals surface area contributed by atoms with Crippen molar-refractivity contribution in [2.24, 2.45) is 0 Å². The van der Waals surface area contributed by atoms with Gasteiger partial charge in [0.15, 0.2) is 0 Å². The van der Waals surface area contributed by atoms with Crippen LogP contribution in [0.1, 0.15) is 18.9 Å². The Kier molecular flexibility index (Phi) is 4.53. The Balaban J connectivity index is 1.95. The zero-order valence-corrected chi connectivity index (χ0v) is 11.6. The van der Waals surface area contributed by atoms with Crippen molar-refractivity contribution in [2.45, 2.75) is 25.0 Å². The fourth-order valence-corrected chi connectivity index (χ4v) is 3.36. The highest BCUT2D eigenvalue weighted by Gasteiger charge is 2.22. The second-order valence-electron chi connectivity index (χ2n) is 4.66. The van der Waals surface area contributed by atoms with Gasteiger partial charge in [-0.15, -0.1) is 0 Å². The fourth-order valence-electron chi connectivity index (χ4n) is 2.18. The number of rotatable bonds is 3. The lowest BCUT2D eigenvalue weighted by atomic mass is 10.1. The summed E-state index contributed by atoms with van der Waals surface area (Å²) < 4.78 is 0. The number of carbonyl (C=O) groups is 1. The van der Waals surface area contributed by atoms with Gasteiger partial charge in [0.25, 0.3) is 0 Å². The molecule has 1 fully saturated rings. The van der Waals surface area contributed by atoms with Crippen LogP contribution in [-0.2, 0) is 11.2 Å². The number of nitrogen functional groups attached to an aromatic ring is 1. The van der Waals surface area contributed by atoms with E-state index in [0.717, 1.165) is 36.5 Å². The zero-order valence-electron chi connectivity index (χ0n) is 10.8. The first-order chi connectivity index (χ1) is 8.69. The minimum atomic E-state index is 0.222. The molecule has 0 aliphatic carbocycles. The summed E-state index contributed by atoms with van der Waals surface area (Å²) in [4.78, 5) is 14.2. The molecule has 0 spiro atoms. The molecular weight excluding hydrogens is 244 g/mol. The molecule has 1 aromatic carbocycles. The average Bonchev–Trinajstić information content (AvgIpc) is 2.39. The van der Waals surface area contributed by atoms with Crippen LogP contribution in [0, 0.1) is 0 Å². The van der Waals surface area contributed by atoms with Crippen LogP contribution in [-0.4, -0.2) is 34.9 Å². The predicted octanol–water partition coefficient (Wildman–Crippen LogP) is 2.17. The van der Waals surface area contributed by atoms with Gasteiger partial charge in [-0.3, -0.25) is 4.79 Å². The molecule has 0 radical (unpaired) electrons. The third-order valence-corrected chi connectivity index (χ3v) is 4.63. The van der Waals surface area contributed by atoms with Gasteiger partial charge in [0, 0.05) is 29.8 Å². The number of amides is 1. The Labute approximate surface area is 113 Å². The quantitative estimate of drug-likeness (QED) is 0.851. The van der Waals surface area contributed by atoms with E-state index < -0.39 is 0 Å². The highest BCUT2D eigenvalue weighted by molar-refractivity contribution is 8.00. The topological polar surface area (TPSA) is 46.3 Å². The van der Waals surface area contributed by atoms with Gasteiger partial charge in [0.05, 0.1) is 6.42 Å². The molecule has 2 rings (SSSR count). The van der Waals surface area contributed by atoms with Gasteiger partial charge < -0.3 is 10.6 Å². The molecule has 3 nitrogen and oxygen atoms in total. The van der Waals surface area contributed by atoms with Crippen LogP contribution in [0.15, 0.2) is 24.3 Å². The maximum Gasteiger partial charge on any atom is 0.227 e. The van der Waals surface area contributed by atoms with Crippen molar-refractivity contribution in [1.29, 1.82) is 0 Å². The summed E-state index contributed by atoms with van der Waals surface area (Å²) in [5, 5.41) is 0.601. The van der Waals surface area contributed by atoms with Crippen LogP contribution in [0.4, 0.5) is 5.69 Å². The molecule has 18 heavy (non-hydrogen) atoms. The second-order valence-corrected chi connectivity index (χ2v) is 6.07. The van der Waals surface area contributed by atoms with Crippen molar-refractivity contribution >= 4 is 23.4 Å². The molecular formula is C14H20N2OS. The Bertz CT molecular complexity index is 422. The van der Waals surface area contributed by atoms with E-state index in [4.69, 9.17) is 5.73 Å². The van der Waals surface area contributed by atoms with E-state index in [9.17, 15) is 4.79 Å². The predicted molar refractivity (Wildman–Crippen MR) is 77.7 cm³/mol. The molecule has 1 aromatic rings. The summed E-state index contributed by atoms with van der Waals surface area (Å²) in [5.41, 5.74) is 7.46. The van der Waals surface area contributed by atoms with Crippen LogP contribution in [0.25, 0.3) is 0 Å². The maximum absolute atomic E-state index is 12.2. The van der Waals surface area contributed by atoms with E-state index in [1.165, 1.54) is 0 Å². The van der Waals surface area contributed by atoms with Crippen molar-refractivity contribution in [1.82, 2.24) is 4.90 Å². The Hall–Kier alpha value is -1.16. The summed E-state index contributed by atoms with van der Waals surface area (Å²) in [6.07, 6.45) is 1.60. The highest BCUT2D eigenvalue weighted by atomic mass is 32.2. The number of anilines is 1. The van der Waals surface area contributed by atoms with Gasteiger partial charge >= 0.3 is 0 Å². The molecule has 1 unspecified atom stereocenters. The van der Waals surface area contributed by atoms with E-state index in [2.05, 4.69) is 6.92 Å². The second kappa shape index (κ2) is 6.14. The van der Waals surface area contributed by atoms with Crippen LogP contribution in [0.3, 0.4) is 0 Å². The monoisotopic (exact) mass is 264 g/mol. The minimum absolute atomic E-state index is 0.222. The molecule has 98 valence electrons. The molecule has 1 atom stereocenters. The van der Waals surface area contributed by atoms with Gasteiger partial charge in [-0.25, -0.2) is 0 Å². The zero-order chi connectivity index (χ0) is 13.0. The third kappa shape index (κ3) is 3.42. The van der Waals surface area contributed by atoms with E-state index in [1.807, 2.05) is 40.9 Å². The van der Waals surface area contributed by atoms with Gasteiger partial charge in [0.1, 0.15) is 0 Å². The van der Waals surface area contributed by atoms with Gasteiger partial charge in [-0.2, -0.15) is 11.8 Å². The number of hydrogen-bond donors (Lipinski definition) is 1. The smallest absolute Gasteiger partial charge is 0.227 e. The van der Waals surface area contributed by atoms with E-state index in [0.29, 0.717) is 11.7 Å². The summed E-state index contributed by atoms with van der Waals surface area (Å²) >= 11 is 1.98. The van der Waals surface area contributed by atoms with Crippen LogP contribution in [0.5, 0.6) is 0 Å². The number of nitrogens with zero attached hydrogens (tertiary/aromatic N) is 1. The lowest BCUT2D eigenvalue weighted by Gasteiger charge is -2.32. The van der Waals surface area contributed by atoms with Crippen LogP contribution < -0.4 is 5.73 Å².